The Kier molecular flexibility index (Phi) is 3.96. The third kappa shape index (κ3) is 3.40. The van der Waals surface area contributed by atoms with Crippen molar-refractivity contribution in [2.24, 2.45) is 0 Å². The predicted octanol–water partition coefficient (Wildman–Crippen LogP) is 2.92. The fourth-order valence-corrected chi connectivity index (χ4v) is 2.59. The first-order valence-electron chi connectivity index (χ1n) is 7.99. The number of nitrogens with one attached hydrogen (secondary N) is 3. The Labute approximate surface area is 143 Å². The second-order valence-corrected chi connectivity index (χ2v) is 5.62. The first kappa shape index (κ1) is 15.1. The Morgan fingerprint density at radius 3 is 2.64 bits per heavy atom. The number of anilines is 1. The minimum atomic E-state index is -0.154. The van der Waals surface area contributed by atoms with Crippen LogP contribution in [0.25, 0.3) is 22.4 Å². The van der Waals surface area contributed by atoms with Crippen LogP contribution in [0, 0.1) is 0 Å². The molecule has 0 aliphatic rings. The van der Waals surface area contributed by atoms with Crippen LogP contribution in [0.2, 0.25) is 0 Å². The van der Waals surface area contributed by atoms with E-state index in [4.69, 9.17) is 0 Å². The SMILES string of the molecule is O=C(CCc1nc2ccccc2[nH]1)Nc1n[nH]c(-c2ccccc2)n1. The molecule has 1 amide bonds. The largest absolute Gasteiger partial charge is 0.342 e. The van der Waals surface area contributed by atoms with E-state index in [0.717, 1.165) is 22.4 Å². The summed E-state index contributed by atoms with van der Waals surface area (Å²) in [6.07, 6.45) is 0.825. The molecule has 0 saturated heterocycles. The number of aryl methyl sites for hydroxylation is 1. The molecular formula is C18H16N6O. The van der Waals surface area contributed by atoms with Gasteiger partial charge in [0.2, 0.25) is 11.9 Å². The second kappa shape index (κ2) is 6.56. The molecule has 0 atom stereocenters. The van der Waals surface area contributed by atoms with Gasteiger partial charge in [0.1, 0.15) is 5.82 Å². The molecule has 124 valence electrons. The van der Waals surface area contributed by atoms with Crippen molar-refractivity contribution in [1.29, 1.82) is 0 Å². The van der Waals surface area contributed by atoms with E-state index in [2.05, 4.69) is 30.5 Å². The normalized spacial score (nSPS) is 10.9. The Bertz CT molecular complexity index is 972. The summed E-state index contributed by atoms with van der Waals surface area (Å²) in [5.41, 5.74) is 2.79. The number of carbonyl (C=O) groups excluding carboxylic acids is 1. The summed E-state index contributed by atoms with van der Waals surface area (Å²) in [5.74, 6) is 1.53. The Morgan fingerprint density at radius 2 is 1.80 bits per heavy atom. The van der Waals surface area contributed by atoms with Crippen molar-refractivity contribution in [2.45, 2.75) is 12.8 Å². The highest BCUT2D eigenvalue weighted by molar-refractivity contribution is 5.89. The number of rotatable bonds is 5. The molecular weight excluding hydrogens is 316 g/mol. The van der Waals surface area contributed by atoms with Crippen molar-refractivity contribution < 1.29 is 4.79 Å². The van der Waals surface area contributed by atoms with Gasteiger partial charge in [0, 0.05) is 18.4 Å². The zero-order valence-electron chi connectivity index (χ0n) is 13.4. The Balaban J connectivity index is 1.37. The highest BCUT2D eigenvalue weighted by atomic mass is 16.1. The van der Waals surface area contributed by atoms with Crippen LogP contribution >= 0.6 is 0 Å². The molecule has 0 unspecified atom stereocenters. The lowest BCUT2D eigenvalue weighted by atomic mass is 10.2. The summed E-state index contributed by atoms with van der Waals surface area (Å²) in [5, 5.41) is 9.56. The van der Waals surface area contributed by atoms with Gasteiger partial charge in [-0.2, -0.15) is 4.98 Å². The summed E-state index contributed by atoms with van der Waals surface area (Å²) in [4.78, 5) is 24.1. The molecule has 2 aromatic carbocycles. The third-order valence-corrected chi connectivity index (χ3v) is 3.81. The molecule has 7 nitrogen and oxygen atoms in total. The van der Waals surface area contributed by atoms with Crippen molar-refractivity contribution in [3.8, 4) is 11.4 Å². The van der Waals surface area contributed by atoms with E-state index in [9.17, 15) is 4.79 Å². The number of fused-ring (bicyclic) bond motifs is 1. The van der Waals surface area contributed by atoms with E-state index in [-0.39, 0.29) is 11.9 Å². The second-order valence-electron chi connectivity index (χ2n) is 5.62. The van der Waals surface area contributed by atoms with E-state index in [1.807, 2.05) is 54.6 Å². The number of hydrogen-bond donors (Lipinski definition) is 3. The number of imidazole rings is 1. The molecule has 0 aliphatic heterocycles. The van der Waals surface area contributed by atoms with Crippen molar-refractivity contribution >= 4 is 22.9 Å². The van der Waals surface area contributed by atoms with Gasteiger partial charge in [-0.05, 0) is 12.1 Å². The number of nitrogens with zero attached hydrogens (tertiary/aromatic N) is 3. The summed E-state index contributed by atoms with van der Waals surface area (Å²) >= 11 is 0. The maximum absolute atomic E-state index is 12.1. The molecule has 0 fully saturated rings. The molecule has 25 heavy (non-hydrogen) atoms. The van der Waals surface area contributed by atoms with Crippen molar-refractivity contribution in [1.82, 2.24) is 25.1 Å². The van der Waals surface area contributed by atoms with Crippen molar-refractivity contribution in [3.63, 3.8) is 0 Å². The van der Waals surface area contributed by atoms with Crippen LogP contribution in [-0.4, -0.2) is 31.1 Å². The first-order valence-corrected chi connectivity index (χ1v) is 7.99. The standard InChI is InChI=1S/C18H16N6O/c25-16(11-10-15-19-13-8-4-5-9-14(13)20-15)21-18-22-17(23-24-18)12-6-2-1-3-7-12/h1-9H,10-11H2,(H,19,20)(H2,21,22,23,24,25). The van der Waals surface area contributed by atoms with Gasteiger partial charge in [-0.3, -0.25) is 15.2 Å². The number of carbonyl (C=O) groups is 1. The van der Waals surface area contributed by atoms with Crippen LogP contribution in [-0.2, 0) is 11.2 Å². The molecule has 2 aromatic heterocycles. The van der Waals surface area contributed by atoms with E-state index in [1.165, 1.54) is 0 Å². The molecule has 0 spiro atoms. The van der Waals surface area contributed by atoms with Crippen LogP contribution < -0.4 is 5.32 Å². The molecule has 0 bridgehead atoms. The minimum Gasteiger partial charge on any atom is -0.342 e. The monoisotopic (exact) mass is 332 g/mol. The van der Waals surface area contributed by atoms with E-state index >= 15 is 0 Å². The number of amides is 1. The van der Waals surface area contributed by atoms with Crippen LogP contribution in [0.1, 0.15) is 12.2 Å². The lowest BCUT2D eigenvalue weighted by Gasteiger charge is -1.99. The lowest BCUT2D eigenvalue weighted by Crippen LogP contribution is -2.13. The van der Waals surface area contributed by atoms with E-state index in [0.29, 0.717) is 18.7 Å². The summed E-state index contributed by atoms with van der Waals surface area (Å²) in [6, 6.07) is 17.4. The van der Waals surface area contributed by atoms with E-state index in [1.54, 1.807) is 0 Å². The molecule has 4 aromatic rings. The first-order chi connectivity index (χ1) is 12.3. The minimum absolute atomic E-state index is 0.154. The van der Waals surface area contributed by atoms with E-state index < -0.39 is 0 Å². The average Bonchev–Trinajstić information content (AvgIpc) is 3.27. The number of aromatic amines is 2. The molecule has 0 aliphatic carbocycles. The quantitative estimate of drug-likeness (QED) is 0.523. The van der Waals surface area contributed by atoms with Crippen LogP contribution in [0.4, 0.5) is 5.95 Å². The topological polar surface area (TPSA) is 99.4 Å². The zero-order valence-corrected chi connectivity index (χ0v) is 13.4. The molecule has 0 saturated carbocycles. The Hall–Kier alpha value is -3.48. The fraction of sp³-hybridized carbons (Fsp3) is 0.111. The van der Waals surface area contributed by atoms with Gasteiger partial charge in [-0.25, -0.2) is 4.98 Å². The molecule has 7 heteroatoms. The Morgan fingerprint density at radius 1 is 1.00 bits per heavy atom. The van der Waals surface area contributed by atoms with Gasteiger partial charge in [0.05, 0.1) is 11.0 Å². The van der Waals surface area contributed by atoms with Gasteiger partial charge in [-0.15, -0.1) is 5.10 Å². The van der Waals surface area contributed by atoms with Crippen LogP contribution in [0.5, 0.6) is 0 Å². The number of H-pyrrole nitrogens is 2. The van der Waals surface area contributed by atoms with Gasteiger partial charge in [-0.1, -0.05) is 42.5 Å². The lowest BCUT2D eigenvalue weighted by molar-refractivity contribution is -0.116. The predicted molar refractivity (Wildman–Crippen MR) is 94.9 cm³/mol. The summed E-state index contributed by atoms with van der Waals surface area (Å²) < 4.78 is 0. The van der Waals surface area contributed by atoms with Gasteiger partial charge < -0.3 is 4.98 Å². The smallest absolute Gasteiger partial charge is 0.249 e. The number of aromatic nitrogens is 5. The number of hydrogen-bond acceptors (Lipinski definition) is 4. The van der Waals surface area contributed by atoms with Crippen molar-refractivity contribution in [2.75, 3.05) is 5.32 Å². The van der Waals surface area contributed by atoms with Crippen LogP contribution in [0.15, 0.2) is 54.6 Å². The van der Waals surface area contributed by atoms with Gasteiger partial charge >= 0.3 is 0 Å². The highest BCUT2D eigenvalue weighted by Gasteiger charge is 2.10. The maximum Gasteiger partial charge on any atom is 0.249 e. The number of benzene rings is 2. The highest BCUT2D eigenvalue weighted by Crippen LogP contribution is 2.15. The third-order valence-electron chi connectivity index (χ3n) is 3.81. The molecule has 2 heterocycles. The summed E-state index contributed by atoms with van der Waals surface area (Å²) in [7, 11) is 0. The maximum atomic E-state index is 12.1. The molecule has 4 rings (SSSR count). The zero-order chi connectivity index (χ0) is 17.1. The molecule has 0 radical (unpaired) electrons. The van der Waals surface area contributed by atoms with Crippen LogP contribution in [0.3, 0.4) is 0 Å². The number of para-hydroxylation sites is 2. The van der Waals surface area contributed by atoms with Crippen molar-refractivity contribution in [3.05, 3.63) is 60.4 Å². The van der Waals surface area contributed by atoms with Gasteiger partial charge in [0.25, 0.3) is 0 Å². The average molecular weight is 332 g/mol. The fourth-order valence-electron chi connectivity index (χ4n) is 2.59. The summed E-state index contributed by atoms with van der Waals surface area (Å²) in [6.45, 7) is 0. The molecule has 3 N–H and O–H groups in total. The van der Waals surface area contributed by atoms with Gasteiger partial charge in [0.15, 0.2) is 5.82 Å².